The number of nitrogens with zero attached hydrogens (tertiary/aromatic N) is 1. The van der Waals surface area contributed by atoms with Gasteiger partial charge in [-0.2, -0.15) is 0 Å². The van der Waals surface area contributed by atoms with Crippen molar-refractivity contribution in [1.82, 2.24) is 5.32 Å². The lowest BCUT2D eigenvalue weighted by Crippen LogP contribution is -2.42. The van der Waals surface area contributed by atoms with Gasteiger partial charge in [-0.25, -0.2) is 8.42 Å². The Hall–Kier alpha value is -1.07. The minimum absolute atomic E-state index is 0.185. The van der Waals surface area contributed by atoms with Gasteiger partial charge in [0.1, 0.15) is 0 Å². The van der Waals surface area contributed by atoms with E-state index in [1.165, 1.54) is 12.8 Å². The van der Waals surface area contributed by atoms with Crippen molar-refractivity contribution in [3.05, 3.63) is 29.8 Å². The molecule has 3 rings (SSSR count). The maximum atomic E-state index is 12.6. The van der Waals surface area contributed by atoms with Crippen LogP contribution in [0.25, 0.3) is 0 Å². The molecule has 0 radical (unpaired) electrons. The molecule has 20 heavy (non-hydrogen) atoms. The summed E-state index contributed by atoms with van der Waals surface area (Å²) in [5, 5.41) is 3.28. The average Bonchev–Trinajstić information content (AvgIpc) is 3.21. The van der Waals surface area contributed by atoms with E-state index in [-0.39, 0.29) is 5.75 Å². The third-order valence-corrected chi connectivity index (χ3v) is 5.75. The second-order valence-electron chi connectivity index (χ2n) is 6.01. The van der Waals surface area contributed by atoms with E-state index in [0.717, 1.165) is 17.7 Å². The third-order valence-electron chi connectivity index (χ3n) is 4.01. The van der Waals surface area contributed by atoms with E-state index in [1.807, 2.05) is 24.3 Å². The summed E-state index contributed by atoms with van der Waals surface area (Å²) < 4.78 is 26.8. The van der Waals surface area contributed by atoms with Crippen LogP contribution in [0.3, 0.4) is 0 Å². The van der Waals surface area contributed by atoms with Crippen molar-refractivity contribution < 1.29 is 8.42 Å². The van der Waals surface area contributed by atoms with E-state index >= 15 is 0 Å². The van der Waals surface area contributed by atoms with Gasteiger partial charge in [-0.05, 0) is 36.8 Å². The van der Waals surface area contributed by atoms with Gasteiger partial charge in [-0.3, -0.25) is 4.31 Å². The predicted octanol–water partition coefficient (Wildman–Crippen LogP) is 1.77. The molecule has 1 atom stereocenters. The molecule has 0 aromatic heterocycles. The van der Waals surface area contributed by atoms with E-state index in [0.29, 0.717) is 25.0 Å². The number of fused-ring (bicyclic) bond motifs is 1. The Morgan fingerprint density at radius 1 is 1.30 bits per heavy atom. The molecule has 5 heteroatoms. The summed E-state index contributed by atoms with van der Waals surface area (Å²) in [5.74, 6) is 0.556. The minimum atomic E-state index is -3.23. The molecule has 1 aromatic carbocycles. The summed E-state index contributed by atoms with van der Waals surface area (Å²) in [4.78, 5) is 0. The lowest BCUT2D eigenvalue weighted by atomic mass is 9.96. The van der Waals surface area contributed by atoms with Crippen LogP contribution >= 0.6 is 0 Å². The highest BCUT2D eigenvalue weighted by Gasteiger charge is 2.30. The van der Waals surface area contributed by atoms with Gasteiger partial charge in [0.15, 0.2) is 0 Å². The fraction of sp³-hybridized carbons (Fsp3) is 0.600. The number of hydrogen-bond acceptors (Lipinski definition) is 3. The Morgan fingerprint density at radius 2 is 2.05 bits per heavy atom. The molecule has 1 aliphatic heterocycles. The highest BCUT2D eigenvalue weighted by Crippen LogP contribution is 2.31. The molecule has 1 fully saturated rings. The molecule has 1 aromatic rings. The van der Waals surface area contributed by atoms with Crippen molar-refractivity contribution in [1.29, 1.82) is 0 Å². The first-order valence-corrected chi connectivity index (χ1v) is 8.99. The van der Waals surface area contributed by atoms with Crippen molar-refractivity contribution in [3.63, 3.8) is 0 Å². The zero-order valence-corrected chi connectivity index (χ0v) is 12.7. The Balaban J connectivity index is 1.77. The van der Waals surface area contributed by atoms with Crippen LogP contribution in [0.5, 0.6) is 0 Å². The normalized spacial score (nSPS) is 22.6. The minimum Gasteiger partial charge on any atom is -0.313 e. The van der Waals surface area contributed by atoms with Crippen LogP contribution in [-0.2, 0) is 16.4 Å². The molecule has 1 unspecified atom stereocenters. The van der Waals surface area contributed by atoms with Gasteiger partial charge in [0.05, 0.1) is 11.4 Å². The SMILES string of the molecule is CC1Cc2ccccc2N(S(=O)(=O)CCNC2CC2)C1. The fourth-order valence-corrected chi connectivity index (χ4v) is 4.36. The summed E-state index contributed by atoms with van der Waals surface area (Å²) in [6.45, 7) is 3.27. The first-order chi connectivity index (χ1) is 9.56. The summed E-state index contributed by atoms with van der Waals surface area (Å²) >= 11 is 0. The molecule has 1 N–H and O–H groups in total. The molecular weight excluding hydrogens is 272 g/mol. The van der Waals surface area contributed by atoms with E-state index in [4.69, 9.17) is 0 Å². The van der Waals surface area contributed by atoms with Crippen molar-refractivity contribution in [2.24, 2.45) is 5.92 Å². The Morgan fingerprint density at radius 3 is 2.80 bits per heavy atom. The van der Waals surface area contributed by atoms with Crippen molar-refractivity contribution >= 4 is 15.7 Å². The number of hydrogen-bond donors (Lipinski definition) is 1. The third kappa shape index (κ3) is 2.99. The van der Waals surface area contributed by atoms with Gasteiger partial charge in [0, 0.05) is 19.1 Å². The standard InChI is InChI=1S/C15H22N2O2S/c1-12-10-13-4-2-3-5-15(13)17(11-12)20(18,19)9-8-16-14-6-7-14/h2-5,12,14,16H,6-11H2,1H3. The molecule has 2 aliphatic rings. The molecule has 0 amide bonds. The second-order valence-corrected chi connectivity index (χ2v) is 8.03. The van der Waals surface area contributed by atoms with Gasteiger partial charge in [0.25, 0.3) is 0 Å². The van der Waals surface area contributed by atoms with Crippen LogP contribution < -0.4 is 9.62 Å². The second kappa shape index (κ2) is 5.37. The van der Waals surface area contributed by atoms with E-state index in [1.54, 1.807) is 4.31 Å². The Labute approximate surface area is 121 Å². The zero-order chi connectivity index (χ0) is 14.2. The van der Waals surface area contributed by atoms with E-state index in [9.17, 15) is 8.42 Å². The molecule has 1 aliphatic carbocycles. The lowest BCUT2D eigenvalue weighted by Gasteiger charge is -2.34. The smallest absolute Gasteiger partial charge is 0.236 e. The summed E-state index contributed by atoms with van der Waals surface area (Å²) in [7, 11) is -3.23. The molecule has 0 spiro atoms. The van der Waals surface area contributed by atoms with Gasteiger partial charge < -0.3 is 5.32 Å². The molecule has 110 valence electrons. The molecule has 0 saturated heterocycles. The summed E-state index contributed by atoms with van der Waals surface area (Å²) in [5.41, 5.74) is 2.02. The quantitative estimate of drug-likeness (QED) is 0.900. The molecule has 1 saturated carbocycles. The van der Waals surface area contributed by atoms with E-state index < -0.39 is 10.0 Å². The summed E-state index contributed by atoms with van der Waals surface area (Å²) in [6.07, 6.45) is 3.33. The van der Waals surface area contributed by atoms with E-state index in [2.05, 4.69) is 12.2 Å². The van der Waals surface area contributed by atoms with Crippen LogP contribution in [-0.4, -0.2) is 33.3 Å². The molecular formula is C15H22N2O2S. The maximum absolute atomic E-state index is 12.6. The van der Waals surface area contributed by atoms with Crippen LogP contribution in [0.4, 0.5) is 5.69 Å². The van der Waals surface area contributed by atoms with Crippen LogP contribution in [0.2, 0.25) is 0 Å². The summed E-state index contributed by atoms with van der Waals surface area (Å²) in [6, 6.07) is 8.41. The zero-order valence-electron chi connectivity index (χ0n) is 11.9. The topological polar surface area (TPSA) is 49.4 Å². The van der Waals surface area contributed by atoms with Gasteiger partial charge in [-0.15, -0.1) is 0 Å². The predicted molar refractivity (Wildman–Crippen MR) is 81.5 cm³/mol. The number of anilines is 1. The first-order valence-electron chi connectivity index (χ1n) is 7.38. The van der Waals surface area contributed by atoms with Crippen molar-refractivity contribution in [2.75, 3.05) is 23.1 Å². The van der Waals surface area contributed by atoms with Crippen LogP contribution in [0.1, 0.15) is 25.3 Å². The largest absolute Gasteiger partial charge is 0.313 e. The maximum Gasteiger partial charge on any atom is 0.236 e. The van der Waals surface area contributed by atoms with Gasteiger partial charge >= 0.3 is 0 Å². The Bertz CT molecular complexity index is 581. The molecule has 1 heterocycles. The number of benzene rings is 1. The highest BCUT2D eigenvalue weighted by atomic mass is 32.2. The average molecular weight is 294 g/mol. The molecule has 0 bridgehead atoms. The number of para-hydroxylation sites is 1. The number of rotatable bonds is 5. The molecule has 4 nitrogen and oxygen atoms in total. The van der Waals surface area contributed by atoms with Gasteiger partial charge in [-0.1, -0.05) is 25.1 Å². The van der Waals surface area contributed by atoms with Gasteiger partial charge in [0.2, 0.25) is 10.0 Å². The number of nitrogens with one attached hydrogen (secondary N) is 1. The monoisotopic (exact) mass is 294 g/mol. The fourth-order valence-electron chi connectivity index (χ4n) is 2.80. The first kappa shape index (κ1) is 13.9. The van der Waals surface area contributed by atoms with Crippen LogP contribution in [0, 0.1) is 5.92 Å². The van der Waals surface area contributed by atoms with Crippen LogP contribution in [0.15, 0.2) is 24.3 Å². The Kier molecular flexibility index (Phi) is 3.73. The van der Waals surface area contributed by atoms with Crippen molar-refractivity contribution in [2.45, 2.75) is 32.2 Å². The van der Waals surface area contributed by atoms with Crippen molar-refractivity contribution in [3.8, 4) is 0 Å². The highest BCUT2D eigenvalue weighted by molar-refractivity contribution is 7.92. The number of sulfonamides is 1. The lowest BCUT2D eigenvalue weighted by molar-refractivity contribution is 0.542.